The van der Waals surface area contributed by atoms with Gasteiger partial charge in [-0.2, -0.15) is 0 Å². The van der Waals surface area contributed by atoms with Crippen molar-refractivity contribution < 1.29 is 9.53 Å². The van der Waals surface area contributed by atoms with Crippen molar-refractivity contribution in [3.63, 3.8) is 0 Å². The monoisotopic (exact) mass is 208 g/mol. The number of methoxy groups -OCH3 is 1. The largest absolute Gasteiger partial charge is 0.377 e. The predicted octanol–water partition coefficient (Wildman–Crippen LogP) is 2.56. The van der Waals surface area contributed by atoms with E-state index in [0.29, 0.717) is 11.7 Å². The first-order valence-electron chi connectivity index (χ1n) is 6.11. The van der Waals surface area contributed by atoms with Crippen LogP contribution in [0.25, 0.3) is 0 Å². The van der Waals surface area contributed by atoms with E-state index in [-0.39, 0.29) is 16.4 Å². The molecule has 3 aliphatic rings. The highest BCUT2D eigenvalue weighted by Crippen LogP contribution is 2.81. The molecule has 3 fully saturated rings. The molecule has 84 valence electrons. The topological polar surface area (TPSA) is 26.3 Å². The normalized spacial score (nSPS) is 57.5. The number of ether oxygens (including phenoxy) is 1. The van der Waals surface area contributed by atoms with Crippen molar-refractivity contribution >= 4 is 5.78 Å². The van der Waals surface area contributed by atoms with E-state index in [0.717, 1.165) is 25.7 Å². The molecule has 2 heteroatoms. The highest BCUT2D eigenvalue weighted by Gasteiger charge is 2.83. The third-order valence-electron chi connectivity index (χ3n) is 5.80. The Morgan fingerprint density at radius 1 is 1.47 bits per heavy atom. The van der Waals surface area contributed by atoms with Gasteiger partial charge in [0.05, 0.1) is 5.60 Å². The van der Waals surface area contributed by atoms with Crippen LogP contribution in [0.1, 0.15) is 46.0 Å². The van der Waals surface area contributed by atoms with E-state index < -0.39 is 0 Å². The van der Waals surface area contributed by atoms with Crippen molar-refractivity contribution in [1.82, 2.24) is 0 Å². The van der Waals surface area contributed by atoms with Gasteiger partial charge in [-0.05, 0) is 31.6 Å². The van der Waals surface area contributed by atoms with Gasteiger partial charge in [0, 0.05) is 24.4 Å². The van der Waals surface area contributed by atoms with Gasteiger partial charge in [-0.3, -0.25) is 4.79 Å². The molecule has 3 saturated carbocycles. The molecule has 0 aromatic rings. The lowest BCUT2D eigenvalue weighted by Gasteiger charge is -2.38. The number of Topliss-reactive ketones (excluding diaryl/α,β-unsaturated/α-hetero) is 1. The lowest BCUT2D eigenvalue weighted by atomic mass is 9.64. The Balaban J connectivity index is 2.08. The molecule has 15 heavy (non-hydrogen) atoms. The SMILES string of the molecule is CO[C@]12C[C@]13CCCC(=O)[C@@]3(C)C[C@H]2C. The highest BCUT2D eigenvalue weighted by molar-refractivity contribution is 5.88. The summed E-state index contributed by atoms with van der Waals surface area (Å²) in [7, 11) is 1.83. The lowest BCUT2D eigenvalue weighted by Crippen LogP contribution is -2.40. The second-order valence-corrected chi connectivity index (χ2v) is 6.07. The summed E-state index contributed by atoms with van der Waals surface area (Å²) in [6.07, 6.45) is 5.24. The molecule has 3 aliphatic carbocycles. The summed E-state index contributed by atoms with van der Waals surface area (Å²) in [5.41, 5.74) is 0.196. The Morgan fingerprint density at radius 3 is 2.80 bits per heavy atom. The third kappa shape index (κ3) is 0.780. The van der Waals surface area contributed by atoms with Gasteiger partial charge in [0.2, 0.25) is 0 Å². The Kier molecular flexibility index (Phi) is 1.62. The van der Waals surface area contributed by atoms with Gasteiger partial charge in [0.1, 0.15) is 5.78 Å². The van der Waals surface area contributed by atoms with Gasteiger partial charge in [0.15, 0.2) is 0 Å². The first kappa shape index (κ1) is 9.83. The lowest BCUT2D eigenvalue weighted by molar-refractivity contribution is -0.135. The molecule has 2 nitrogen and oxygen atoms in total. The summed E-state index contributed by atoms with van der Waals surface area (Å²) in [6.45, 7) is 4.45. The van der Waals surface area contributed by atoms with Crippen LogP contribution in [0.15, 0.2) is 0 Å². The van der Waals surface area contributed by atoms with Gasteiger partial charge >= 0.3 is 0 Å². The van der Waals surface area contributed by atoms with Crippen molar-refractivity contribution in [2.45, 2.75) is 51.6 Å². The molecule has 0 amide bonds. The van der Waals surface area contributed by atoms with Crippen molar-refractivity contribution in [3.05, 3.63) is 0 Å². The van der Waals surface area contributed by atoms with Crippen LogP contribution in [0.2, 0.25) is 0 Å². The van der Waals surface area contributed by atoms with Crippen LogP contribution < -0.4 is 0 Å². The maximum absolute atomic E-state index is 12.2. The van der Waals surface area contributed by atoms with Crippen LogP contribution in [0.3, 0.4) is 0 Å². The number of carbonyl (C=O) groups excluding carboxylic acids is 1. The first-order chi connectivity index (χ1) is 7.02. The smallest absolute Gasteiger partial charge is 0.139 e. The summed E-state index contributed by atoms with van der Waals surface area (Å²) in [6, 6.07) is 0. The summed E-state index contributed by atoms with van der Waals surface area (Å²) < 4.78 is 5.81. The van der Waals surface area contributed by atoms with E-state index in [9.17, 15) is 4.79 Å². The van der Waals surface area contributed by atoms with Crippen LogP contribution in [-0.2, 0) is 9.53 Å². The molecule has 0 radical (unpaired) electrons. The summed E-state index contributed by atoms with van der Waals surface area (Å²) in [5.74, 6) is 1.05. The van der Waals surface area contributed by atoms with Gasteiger partial charge in [-0.1, -0.05) is 13.8 Å². The number of carbonyl (C=O) groups is 1. The standard InChI is InChI=1S/C13H20O2/c1-9-7-11(2)10(14)5-4-6-12(11)8-13(9,12)15-3/h9H,4-8H2,1-3H3/t9-,11-,12+,13+/m1/s1. The van der Waals surface area contributed by atoms with Crippen molar-refractivity contribution in [2.75, 3.05) is 7.11 Å². The Morgan fingerprint density at radius 2 is 2.20 bits per heavy atom. The Hall–Kier alpha value is -0.370. The summed E-state index contributed by atoms with van der Waals surface area (Å²) in [5, 5.41) is 0. The fraction of sp³-hybridized carbons (Fsp3) is 0.923. The minimum Gasteiger partial charge on any atom is -0.377 e. The van der Waals surface area contributed by atoms with Gasteiger partial charge < -0.3 is 4.74 Å². The second kappa shape index (κ2) is 2.48. The molecule has 0 N–H and O–H groups in total. The maximum atomic E-state index is 12.2. The molecule has 0 aliphatic heterocycles. The molecular weight excluding hydrogens is 188 g/mol. The highest BCUT2D eigenvalue weighted by atomic mass is 16.5. The molecule has 4 atom stereocenters. The van der Waals surface area contributed by atoms with Crippen LogP contribution in [0.4, 0.5) is 0 Å². The van der Waals surface area contributed by atoms with E-state index >= 15 is 0 Å². The van der Waals surface area contributed by atoms with Crippen molar-refractivity contribution in [2.24, 2.45) is 16.7 Å². The zero-order chi connectivity index (χ0) is 10.9. The van der Waals surface area contributed by atoms with Crippen molar-refractivity contribution in [1.29, 1.82) is 0 Å². The zero-order valence-corrected chi connectivity index (χ0v) is 9.93. The average Bonchev–Trinajstić information content (AvgIpc) is 2.82. The predicted molar refractivity (Wildman–Crippen MR) is 57.5 cm³/mol. The van der Waals surface area contributed by atoms with Gasteiger partial charge in [-0.15, -0.1) is 0 Å². The van der Waals surface area contributed by atoms with E-state index in [4.69, 9.17) is 4.74 Å². The molecule has 0 bridgehead atoms. The first-order valence-corrected chi connectivity index (χ1v) is 6.11. The zero-order valence-electron chi connectivity index (χ0n) is 9.93. The fourth-order valence-corrected chi connectivity index (χ4v) is 4.94. The van der Waals surface area contributed by atoms with Gasteiger partial charge in [-0.25, -0.2) is 0 Å². The van der Waals surface area contributed by atoms with E-state index in [1.54, 1.807) is 0 Å². The van der Waals surface area contributed by atoms with Crippen molar-refractivity contribution in [3.8, 4) is 0 Å². The molecule has 0 saturated heterocycles. The summed E-state index contributed by atoms with van der Waals surface area (Å²) in [4.78, 5) is 12.2. The quantitative estimate of drug-likeness (QED) is 0.662. The second-order valence-electron chi connectivity index (χ2n) is 6.07. The number of ketones is 1. The average molecular weight is 208 g/mol. The molecule has 1 spiro atoms. The van der Waals surface area contributed by atoms with Gasteiger partial charge in [0.25, 0.3) is 0 Å². The van der Waals surface area contributed by atoms with Crippen LogP contribution >= 0.6 is 0 Å². The van der Waals surface area contributed by atoms with Crippen LogP contribution in [-0.4, -0.2) is 18.5 Å². The fourth-order valence-electron chi connectivity index (χ4n) is 4.94. The molecular formula is C13H20O2. The van der Waals surface area contributed by atoms with Crippen LogP contribution in [0.5, 0.6) is 0 Å². The van der Waals surface area contributed by atoms with Crippen LogP contribution in [0, 0.1) is 16.7 Å². The van der Waals surface area contributed by atoms with E-state index in [1.165, 1.54) is 6.42 Å². The third-order valence-corrected chi connectivity index (χ3v) is 5.80. The summed E-state index contributed by atoms with van der Waals surface area (Å²) >= 11 is 0. The molecule has 3 rings (SSSR count). The minimum absolute atomic E-state index is 0.0534. The molecule has 0 unspecified atom stereocenters. The minimum atomic E-state index is -0.0688. The number of rotatable bonds is 1. The molecule has 0 aromatic carbocycles. The number of hydrogen-bond acceptors (Lipinski definition) is 2. The Labute approximate surface area is 91.4 Å². The molecule has 0 heterocycles. The van der Waals surface area contributed by atoms with E-state index in [2.05, 4.69) is 13.8 Å². The molecule has 0 aromatic heterocycles. The Bertz CT molecular complexity index is 337. The number of hydrogen-bond donors (Lipinski definition) is 0. The van der Waals surface area contributed by atoms with E-state index in [1.807, 2.05) is 7.11 Å². The maximum Gasteiger partial charge on any atom is 0.139 e.